The van der Waals surface area contributed by atoms with Gasteiger partial charge in [0.25, 0.3) is 0 Å². The minimum atomic E-state index is 0. The molecule has 4 nitrogen and oxygen atoms in total. The van der Waals surface area contributed by atoms with Crippen LogP contribution >= 0.6 is 35.3 Å². The van der Waals surface area contributed by atoms with E-state index in [1.54, 1.807) is 0 Å². The van der Waals surface area contributed by atoms with E-state index in [4.69, 9.17) is 0 Å². The van der Waals surface area contributed by atoms with Crippen molar-refractivity contribution in [3.05, 3.63) is 22.4 Å². The molecule has 6 heteroatoms. The quantitative estimate of drug-likeness (QED) is 0.369. The van der Waals surface area contributed by atoms with E-state index in [9.17, 15) is 0 Å². The van der Waals surface area contributed by atoms with E-state index in [-0.39, 0.29) is 29.4 Å². The first-order valence-electron chi connectivity index (χ1n) is 9.84. The standard InChI is InChI=1S/C20H34N4S.HI/c1-20(2,18-9-6-14-25-18)15-22-19(21-3)23-16-10-12-24(13-11-16)17-7-4-5-8-17;/h6,9,14,16-17H,4-5,7-8,10-13,15H2,1-3H3,(H2,21,22,23);1H. The predicted molar refractivity (Wildman–Crippen MR) is 124 cm³/mol. The molecule has 0 radical (unpaired) electrons. The summed E-state index contributed by atoms with van der Waals surface area (Å²) in [5, 5.41) is 9.35. The van der Waals surface area contributed by atoms with Gasteiger partial charge in [-0.25, -0.2) is 0 Å². The fourth-order valence-corrected chi connectivity index (χ4v) is 4.97. The van der Waals surface area contributed by atoms with Gasteiger partial charge in [-0.3, -0.25) is 4.99 Å². The maximum absolute atomic E-state index is 4.45. The lowest BCUT2D eigenvalue weighted by Gasteiger charge is -2.37. The number of aliphatic imine (C=N–C) groups is 1. The van der Waals surface area contributed by atoms with Crippen LogP contribution in [0.1, 0.15) is 57.2 Å². The van der Waals surface area contributed by atoms with Crippen LogP contribution < -0.4 is 10.6 Å². The Bertz CT molecular complexity index is 544. The molecule has 3 rings (SSSR count). The number of thiophene rings is 1. The molecule has 0 amide bonds. The third-order valence-corrected chi connectivity index (χ3v) is 7.06. The molecule has 2 heterocycles. The third kappa shape index (κ3) is 5.83. The largest absolute Gasteiger partial charge is 0.356 e. The lowest BCUT2D eigenvalue weighted by molar-refractivity contribution is 0.150. The van der Waals surface area contributed by atoms with Gasteiger partial charge in [-0.05, 0) is 37.1 Å². The molecular formula is C20H35IN4S. The molecule has 0 spiro atoms. The number of nitrogens with one attached hydrogen (secondary N) is 2. The first kappa shape index (κ1) is 22.0. The van der Waals surface area contributed by atoms with Crippen molar-refractivity contribution in [2.45, 2.75) is 69.9 Å². The van der Waals surface area contributed by atoms with E-state index in [1.807, 2.05) is 18.4 Å². The summed E-state index contributed by atoms with van der Waals surface area (Å²) in [5.41, 5.74) is 0.123. The summed E-state index contributed by atoms with van der Waals surface area (Å²) in [5.74, 6) is 0.948. The molecule has 148 valence electrons. The van der Waals surface area contributed by atoms with Gasteiger partial charge in [-0.15, -0.1) is 35.3 Å². The van der Waals surface area contributed by atoms with Crippen LogP contribution in [0.15, 0.2) is 22.5 Å². The van der Waals surface area contributed by atoms with Crippen LogP contribution in [0.3, 0.4) is 0 Å². The Balaban J connectivity index is 0.00000243. The number of halogens is 1. The summed E-state index contributed by atoms with van der Waals surface area (Å²) in [6.07, 6.45) is 8.15. The maximum atomic E-state index is 4.45. The van der Waals surface area contributed by atoms with Gasteiger partial charge in [0.15, 0.2) is 5.96 Å². The molecule has 1 aliphatic carbocycles. The van der Waals surface area contributed by atoms with Gasteiger partial charge in [0, 0.05) is 49.1 Å². The molecule has 2 N–H and O–H groups in total. The topological polar surface area (TPSA) is 39.7 Å². The number of guanidine groups is 1. The fourth-order valence-electron chi connectivity index (χ4n) is 4.12. The SMILES string of the molecule is CN=C(NCC(C)(C)c1cccs1)NC1CCN(C2CCCC2)CC1.I. The van der Waals surface area contributed by atoms with Gasteiger partial charge in [0.1, 0.15) is 0 Å². The van der Waals surface area contributed by atoms with Crippen molar-refractivity contribution in [3.63, 3.8) is 0 Å². The van der Waals surface area contributed by atoms with Crippen LogP contribution in [0.5, 0.6) is 0 Å². The molecular weight excluding hydrogens is 455 g/mol. The molecule has 1 aromatic heterocycles. The maximum Gasteiger partial charge on any atom is 0.191 e. The van der Waals surface area contributed by atoms with Crippen LogP contribution in [0.25, 0.3) is 0 Å². The van der Waals surface area contributed by atoms with Gasteiger partial charge in [0.2, 0.25) is 0 Å². The molecule has 2 aliphatic rings. The zero-order valence-electron chi connectivity index (χ0n) is 16.5. The minimum absolute atomic E-state index is 0. The highest BCUT2D eigenvalue weighted by atomic mass is 127. The van der Waals surface area contributed by atoms with Gasteiger partial charge in [-0.1, -0.05) is 32.8 Å². The minimum Gasteiger partial charge on any atom is -0.356 e. The van der Waals surface area contributed by atoms with Gasteiger partial charge in [0.05, 0.1) is 0 Å². The molecule has 0 aromatic carbocycles. The lowest BCUT2D eigenvalue weighted by Crippen LogP contribution is -2.51. The Kier molecular flexibility index (Phi) is 8.67. The van der Waals surface area contributed by atoms with Crippen LogP contribution in [-0.2, 0) is 5.41 Å². The molecule has 0 unspecified atom stereocenters. The van der Waals surface area contributed by atoms with E-state index < -0.39 is 0 Å². The van der Waals surface area contributed by atoms with Crippen molar-refractivity contribution >= 4 is 41.3 Å². The summed E-state index contributed by atoms with van der Waals surface area (Å²) in [4.78, 5) is 8.59. The van der Waals surface area contributed by atoms with Gasteiger partial charge >= 0.3 is 0 Å². The molecule has 1 saturated heterocycles. The highest BCUT2D eigenvalue weighted by molar-refractivity contribution is 14.0. The number of hydrogen-bond donors (Lipinski definition) is 2. The molecule has 1 aromatic rings. The molecule has 26 heavy (non-hydrogen) atoms. The number of nitrogens with zero attached hydrogens (tertiary/aromatic N) is 2. The zero-order chi connectivity index (χ0) is 17.7. The molecule has 1 aliphatic heterocycles. The second-order valence-electron chi connectivity index (χ2n) is 8.18. The second-order valence-corrected chi connectivity index (χ2v) is 9.13. The van der Waals surface area contributed by atoms with Crippen molar-refractivity contribution in [2.24, 2.45) is 4.99 Å². The highest BCUT2D eigenvalue weighted by Gasteiger charge is 2.28. The normalized spacial score (nSPS) is 20.8. The third-order valence-electron chi connectivity index (χ3n) is 5.82. The summed E-state index contributed by atoms with van der Waals surface area (Å²) in [6, 6.07) is 5.77. The van der Waals surface area contributed by atoms with E-state index in [0.717, 1.165) is 18.5 Å². The highest BCUT2D eigenvalue weighted by Crippen LogP contribution is 2.27. The van der Waals surface area contributed by atoms with Crippen LogP contribution in [-0.4, -0.2) is 49.6 Å². The van der Waals surface area contributed by atoms with Crippen LogP contribution in [0.2, 0.25) is 0 Å². The Hall–Kier alpha value is -0.340. The van der Waals surface area contributed by atoms with E-state index in [0.29, 0.717) is 6.04 Å². The first-order chi connectivity index (χ1) is 12.1. The Labute approximate surface area is 180 Å². The van der Waals surface area contributed by atoms with Crippen molar-refractivity contribution in [3.8, 4) is 0 Å². The van der Waals surface area contributed by atoms with Crippen LogP contribution in [0.4, 0.5) is 0 Å². The van der Waals surface area contributed by atoms with Crippen LogP contribution in [0, 0.1) is 0 Å². The Morgan fingerprint density at radius 3 is 2.50 bits per heavy atom. The zero-order valence-corrected chi connectivity index (χ0v) is 19.6. The first-order valence-corrected chi connectivity index (χ1v) is 10.7. The summed E-state index contributed by atoms with van der Waals surface area (Å²) in [6.45, 7) is 7.95. The van der Waals surface area contributed by atoms with Crippen molar-refractivity contribution in [2.75, 3.05) is 26.7 Å². The Morgan fingerprint density at radius 1 is 1.23 bits per heavy atom. The number of likely N-dealkylation sites (tertiary alicyclic amines) is 1. The van der Waals surface area contributed by atoms with E-state index in [2.05, 4.69) is 51.9 Å². The number of piperidine rings is 1. The summed E-state index contributed by atoms with van der Waals surface area (Å²) < 4.78 is 0. The summed E-state index contributed by atoms with van der Waals surface area (Å²) >= 11 is 1.83. The Morgan fingerprint density at radius 2 is 1.92 bits per heavy atom. The van der Waals surface area contributed by atoms with Gasteiger partial charge < -0.3 is 15.5 Å². The molecule has 1 saturated carbocycles. The van der Waals surface area contributed by atoms with Gasteiger partial charge in [-0.2, -0.15) is 0 Å². The van der Waals surface area contributed by atoms with Crippen molar-refractivity contribution in [1.29, 1.82) is 0 Å². The van der Waals surface area contributed by atoms with E-state index >= 15 is 0 Å². The predicted octanol–water partition coefficient (Wildman–Crippen LogP) is 4.22. The molecule has 2 fully saturated rings. The smallest absolute Gasteiger partial charge is 0.191 e. The molecule has 0 bridgehead atoms. The second kappa shape index (κ2) is 10.3. The van der Waals surface area contributed by atoms with Crippen molar-refractivity contribution < 1.29 is 0 Å². The average Bonchev–Trinajstić information content (AvgIpc) is 3.33. The number of hydrogen-bond acceptors (Lipinski definition) is 3. The lowest BCUT2D eigenvalue weighted by atomic mass is 9.91. The average molecular weight is 490 g/mol. The van der Waals surface area contributed by atoms with E-state index in [1.165, 1.54) is 56.5 Å². The number of rotatable bonds is 5. The fraction of sp³-hybridized carbons (Fsp3) is 0.750. The monoisotopic (exact) mass is 490 g/mol. The molecule has 0 atom stereocenters. The summed E-state index contributed by atoms with van der Waals surface area (Å²) in [7, 11) is 1.88. The van der Waals surface area contributed by atoms with Crippen molar-refractivity contribution in [1.82, 2.24) is 15.5 Å².